The van der Waals surface area contributed by atoms with Gasteiger partial charge in [-0.3, -0.25) is 0 Å². The summed E-state index contributed by atoms with van der Waals surface area (Å²) < 4.78 is 7.78. The summed E-state index contributed by atoms with van der Waals surface area (Å²) in [6, 6.07) is 184. The molecular weight excluding hydrogens is 1750 g/mol. The molecule has 0 amide bonds. The smallest absolute Gasteiger partial charge is 0.0440 e. The Kier molecular flexibility index (Phi) is 17.9. The molecule has 3 heteroatoms. The van der Waals surface area contributed by atoms with Crippen LogP contribution in [0.1, 0.15) is 0 Å². The summed E-state index contributed by atoms with van der Waals surface area (Å²) in [7, 11) is 0. The van der Waals surface area contributed by atoms with Crippen LogP contribution in [-0.4, -0.2) is 0 Å². The Morgan fingerprint density at radius 3 is 1.13 bits per heavy atom. The van der Waals surface area contributed by atoms with Crippen molar-refractivity contribution in [3.05, 3.63) is 485 Å². The predicted octanol–water partition coefficient (Wildman–Crippen LogP) is 41.0. The fourth-order valence-electron chi connectivity index (χ4n) is 24.4. The first kappa shape index (κ1) is 79.9. The van der Waals surface area contributed by atoms with Crippen LogP contribution in [0.25, 0.3) is 312 Å². The lowest BCUT2D eigenvalue weighted by Crippen LogP contribution is -1.94. The standard InChI is InChI=1S/C138H80S3/c1-5-37-95-81(28-1)32-24-54-96(95)84-60-62-85(63-61-84)127-104-41-9-17-49-112(104)132(113-50-18-10-42-105(113)127)119-57-27-58-120-134-100-69-65-86(74-89(100)68-73-125(134)140-137(119)120)94-76-87-31-4-7-39-98(87)121(79-94)88-34-23-35-91(75-88)128-108-45-13-19-51-114(108)133(115-52-20-14-46-109(115)128)123-78-92-36-26-55-99(130(92)135-118-53-21-22-59-124(118)139-138(123)135)90-66-71-116(122(77-90)102-56-25-33-82-29-2-6-38-97(82)102)131-110-47-15-11-43-106(110)129(107-44-12-16-48-111(107)131)93-67-70-103-117-72-64-83-30-3-8-40-101(83)136(117)141-126(103)80-93/h1-80H. The second-order valence-electron chi connectivity index (χ2n) is 38.0. The van der Waals surface area contributed by atoms with Crippen LogP contribution in [0.15, 0.2) is 485 Å². The van der Waals surface area contributed by atoms with E-state index in [4.69, 9.17) is 0 Å². The van der Waals surface area contributed by atoms with Gasteiger partial charge in [0.15, 0.2) is 0 Å². The summed E-state index contributed by atoms with van der Waals surface area (Å²) in [5.41, 5.74) is 26.8. The zero-order chi connectivity index (χ0) is 92.2. The van der Waals surface area contributed by atoms with Crippen LogP contribution in [0.3, 0.4) is 0 Å². The molecule has 0 bridgehead atoms. The van der Waals surface area contributed by atoms with Gasteiger partial charge in [0.25, 0.3) is 0 Å². The van der Waals surface area contributed by atoms with E-state index in [2.05, 4.69) is 485 Å². The van der Waals surface area contributed by atoms with E-state index >= 15 is 0 Å². The first-order valence-corrected chi connectivity index (χ1v) is 51.2. The predicted molar refractivity (Wildman–Crippen MR) is 615 cm³/mol. The van der Waals surface area contributed by atoms with E-state index < -0.39 is 0 Å². The molecule has 0 saturated carbocycles. The zero-order valence-electron chi connectivity index (χ0n) is 76.4. The monoisotopic (exact) mass is 1830 g/mol. The Bertz CT molecular complexity index is 10500. The van der Waals surface area contributed by atoms with Crippen LogP contribution >= 0.6 is 34.0 Å². The van der Waals surface area contributed by atoms with Gasteiger partial charge in [0.05, 0.1) is 0 Å². The van der Waals surface area contributed by atoms with Crippen LogP contribution in [-0.2, 0) is 0 Å². The lowest BCUT2D eigenvalue weighted by molar-refractivity contribution is 1.61. The van der Waals surface area contributed by atoms with Crippen LogP contribution < -0.4 is 0 Å². The molecule has 0 aliphatic heterocycles. The fourth-order valence-corrected chi connectivity index (χ4v) is 28.2. The highest BCUT2D eigenvalue weighted by molar-refractivity contribution is 7.27. The third-order valence-corrected chi connectivity index (χ3v) is 34.2. The second kappa shape index (κ2) is 31.6. The van der Waals surface area contributed by atoms with E-state index in [1.54, 1.807) is 0 Å². The molecule has 0 radical (unpaired) electrons. The minimum absolute atomic E-state index is 1.17. The van der Waals surface area contributed by atoms with Gasteiger partial charge in [-0.1, -0.05) is 431 Å². The maximum atomic E-state index is 2.54. The lowest BCUT2D eigenvalue weighted by atomic mass is 9.81. The molecule has 30 aromatic rings. The third kappa shape index (κ3) is 12.3. The SMILES string of the molecule is c1cc(-c2cc(-c3ccc4c(ccc5sc6c(-c7c8ccccc8c(-c8ccc(-c9cccc%10ccccc9%10)cc8)c8ccccc78)cccc6c54)c3)cc3ccccc23)cc(-c2c3ccccc3c(-c3cc4cccc(-c5ccc(-c6c7ccccc7c(-c7ccc8c(c7)sc7c9ccccc9ccc87)c7ccccc67)c(-c6cccc7ccccc67)c5)c4c4c3sc3ccccc34)c3ccccc23)c1. The molecule has 0 unspecified atom stereocenters. The number of hydrogen-bond donors (Lipinski definition) is 0. The summed E-state index contributed by atoms with van der Waals surface area (Å²) in [4.78, 5) is 0. The molecule has 141 heavy (non-hydrogen) atoms. The van der Waals surface area contributed by atoms with Crippen molar-refractivity contribution < 1.29 is 0 Å². The van der Waals surface area contributed by atoms with Gasteiger partial charge in [-0.25, -0.2) is 0 Å². The van der Waals surface area contributed by atoms with E-state index in [1.165, 1.54) is 312 Å². The molecular formula is C138H80S3. The average Bonchev–Trinajstić information content (AvgIpc) is 1.68. The summed E-state index contributed by atoms with van der Waals surface area (Å²) in [6.45, 7) is 0. The molecule has 650 valence electrons. The van der Waals surface area contributed by atoms with Gasteiger partial charge in [-0.05, 0) is 295 Å². The van der Waals surface area contributed by atoms with Gasteiger partial charge in [0.1, 0.15) is 0 Å². The van der Waals surface area contributed by atoms with E-state index in [1.807, 2.05) is 34.0 Å². The molecule has 0 saturated heterocycles. The van der Waals surface area contributed by atoms with Gasteiger partial charge in [0.2, 0.25) is 0 Å². The number of fused-ring (bicyclic) bond motifs is 24. The average molecular weight is 1830 g/mol. The van der Waals surface area contributed by atoms with Crippen molar-refractivity contribution in [3.63, 3.8) is 0 Å². The summed E-state index contributed by atoms with van der Waals surface area (Å²) in [5, 5.41) is 37.5. The van der Waals surface area contributed by atoms with Crippen molar-refractivity contribution in [2.24, 2.45) is 0 Å². The Balaban J connectivity index is 0.532. The van der Waals surface area contributed by atoms with Crippen LogP contribution in [0.4, 0.5) is 0 Å². The molecule has 0 aliphatic rings. The molecule has 3 heterocycles. The molecule has 0 fully saturated rings. The zero-order valence-corrected chi connectivity index (χ0v) is 78.9. The quantitative estimate of drug-likeness (QED) is 0.113. The fraction of sp³-hybridized carbons (Fsp3) is 0. The maximum Gasteiger partial charge on any atom is 0.0440 e. The number of hydrogen-bond acceptors (Lipinski definition) is 3. The Morgan fingerprint density at radius 2 is 0.489 bits per heavy atom. The highest BCUT2D eigenvalue weighted by Crippen LogP contribution is 2.57. The van der Waals surface area contributed by atoms with Gasteiger partial charge in [0, 0.05) is 71.6 Å². The molecule has 0 atom stereocenters. The van der Waals surface area contributed by atoms with Gasteiger partial charge in [-0.15, -0.1) is 34.0 Å². The van der Waals surface area contributed by atoms with Gasteiger partial charge in [-0.2, -0.15) is 0 Å². The van der Waals surface area contributed by atoms with Crippen molar-refractivity contribution in [3.8, 4) is 122 Å². The van der Waals surface area contributed by atoms with Crippen molar-refractivity contribution >= 4 is 224 Å². The van der Waals surface area contributed by atoms with Crippen molar-refractivity contribution in [1.29, 1.82) is 0 Å². The third-order valence-electron chi connectivity index (χ3n) is 30.6. The van der Waals surface area contributed by atoms with Crippen molar-refractivity contribution in [1.82, 2.24) is 0 Å². The largest absolute Gasteiger partial charge is 0.135 e. The summed E-state index contributed by atoms with van der Waals surface area (Å²) >= 11 is 5.76. The Morgan fingerprint density at radius 1 is 0.106 bits per heavy atom. The molecule has 0 nitrogen and oxygen atoms in total. The molecule has 0 aliphatic carbocycles. The minimum Gasteiger partial charge on any atom is -0.135 e. The molecule has 3 aromatic heterocycles. The summed E-state index contributed by atoms with van der Waals surface area (Å²) in [5.74, 6) is 0. The number of benzene rings is 27. The van der Waals surface area contributed by atoms with E-state index in [9.17, 15) is 0 Å². The van der Waals surface area contributed by atoms with Crippen molar-refractivity contribution in [2.75, 3.05) is 0 Å². The number of rotatable bonds is 11. The van der Waals surface area contributed by atoms with E-state index in [-0.39, 0.29) is 0 Å². The number of thiophene rings is 3. The highest BCUT2D eigenvalue weighted by atomic mass is 32.1. The normalized spacial score (nSPS) is 12.1. The second-order valence-corrected chi connectivity index (χ2v) is 41.2. The minimum atomic E-state index is 1.17. The van der Waals surface area contributed by atoms with E-state index in [0.29, 0.717) is 0 Å². The van der Waals surface area contributed by atoms with Gasteiger partial charge >= 0.3 is 0 Å². The lowest BCUT2D eigenvalue weighted by Gasteiger charge is -2.21. The maximum absolute atomic E-state index is 2.54. The highest BCUT2D eigenvalue weighted by Gasteiger charge is 2.29. The van der Waals surface area contributed by atoms with Crippen LogP contribution in [0.2, 0.25) is 0 Å². The molecule has 30 rings (SSSR count). The molecule has 0 N–H and O–H groups in total. The Hall–Kier alpha value is -17.3. The topological polar surface area (TPSA) is 0 Å². The Labute approximate surface area is 824 Å². The van der Waals surface area contributed by atoms with Crippen molar-refractivity contribution in [2.45, 2.75) is 0 Å². The van der Waals surface area contributed by atoms with E-state index in [0.717, 1.165) is 0 Å². The first-order chi connectivity index (χ1) is 69.9. The van der Waals surface area contributed by atoms with Crippen LogP contribution in [0, 0.1) is 0 Å². The van der Waals surface area contributed by atoms with Crippen LogP contribution in [0.5, 0.6) is 0 Å². The van der Waals surface area contributed by atoms with Gasteiger partial charge < -0.3 is 0 Å². The molecule has 27 aromatic carbocycles. The molecule has 0 spiro atoms. The summed E-state index contributed by atoms with van der Waals surface area (Å²) in [6.07, 6.45) is 0. The first-order valence-electron chi connectivity index (χ1n) is 48.7.